The van der Waals surface area contributed by atoms with E-state index in [2.05, 4.69) is 15.5 Å². The van der Waals surface area contributed by atoms with Crippen molar-refractivity contribution in [3.63, 3.8) is 0 Å². The van der Waals surface area contributed by atoms with Gasteiger partial charge in [0.1, 0.15) is 10.7 Å². The third kappa shape index (κ3) is 3.50. The number of carbonyl (C=O) groups is 1. The number of thiazole rings is 1. The predicted octanol–water partition coefficient (Wildman–Crippen LogP) is 0.708. The fourth-order valence-electron chi connectivity index (χ4n) is 1.12. The molecule has 16 heavy (non-hydrogen) atoms. The van der Waals surface area contributed by atoms with E-state index in [0.717, 1.165) is 5.69 Å². The first-order chi connectivity index (χ1) is 7.65. The number of hydrogen-bond donors (Lipinski definition) is 3. The third-order valence-corrected chi connectivity index (χ3v) is 2.90. The first-order valence-corrected chi connectivity index (χ1v) is 5.67. The molecule has 0 saturated heterocycles. The number of nitrogens with two attached hydrogens (primary N) is 1. The second kappa shape index (κ2) is 6.06. The van der Waals surface area contributed by atoms with Crippen LogP contribution >= 0.6 is 11.3 Å². The van der Waals surface area contributed by atoms with Gasteiger partial charge in [0.25, 0.3) is 5.91 Å². The molecule has 0 fully saturated rings. The van der Waals surface area contributed by atoms with Crippen LogP contribution in [0.4, 0.5) is 0 Å². The van der Waals surface area contributed by atoms with Crippen molar-refractivity contribution in [3.8, 4) is 0 Å². The summed E-state index contributed by atoms with van der Waals surface area (Å²) in [5, 5.41) is 13.9. The van der Waals surface area contributed by atoms with E-state index in [1.807, 2.05) is 0 Å². The highest BCUT2D eigenvalue weighted by atomic mass is 32.1. The highest BCUT2D eigenvalue weighted by Crippen LogP contribution is 2.11. The molecule has 1 rings (SSSR count). The maximum absolute atomic E-state index is 11.6. The maximum atomic E-state index is 11.6. The van der Waals surface area contributed by atoms with Crippen LogP contribution in [0.1, 0.15) is 28.2 Å². The highest BCUT2D eigenvalue weighted by Gasteiger charge is 2.10. The van der Waals surface area contributed by atoms with Gasteiger partial charge in [0.2, 0.25) is 0 Å². The number of amidine groups is 1. The van der Waals surface area contributed by atoms with E-state index in [-0.39, 0.29) is 11.7 Å². The number of oxime groups is 1. The number of carbonyl (C=O) groups excluding carboxylic acids is 1. The van der Waals surface area contributed by atoms with Crippen molar-refractivity contribution in [3.05, 3.63) is 16.1 Å². The Kier molecular flexibility index (Phi) is 4.71. The van der Waals surface area contributed by atoms with Crippen molar-refractivity contribution in [2.75, 3.05) is 6.54 Å². The molecular formula is C9H14N4O2S. The Morgan fingerprint density at radius 2 is 2.50 bits per heavy atom. The van der Waals surface area contributed by atoms with Crippen molar-refractivity contribution >= 4 is 23.1 Å². The number of aromatic nitrogens is 1. The number of nitrogens with one attached hydrogen (secondary N) is 1. The summed E-state index contributed by atoms with van der Waals surface area (Å²) in [6, 6.07) is 0. The summed E-state index contributed by atoms with van der Waals surface area (Å²) in [6.45, 7) is 2.29. The predicted molar refractivity (Wildman–Crippen MR) is 61.8 cm³/mol. The van der Waals surface area contributed by atoms with Crippen LogP contribution in [0.5, 0.6) is 0 Å². The van der Waals surface area contributed by atoms with Crippen molar-refractivity contribution in [2.24, 2.45) is 10.9 Å². The molecule has 0 aliphatic rings. The molecule has 0 unspecified atom stereocenters. The number of nitrogens with zero attached hydrogens (tertiary/aromatic N) is 2. The van der Waals surface area contributed by atoms with Gasteiger partial charge in [0.05, 0.1) is 11.2 Å². The molecule has 0 saturated carbocycles. The zero-order valence-electron chi connectivity index (χ0n) is 8.93. The molecule has 88 valence electrons. The van der Waals surface area contributed by atoms with Crippen molar-refractivity contribution in [1.29, 1.82) is 0 Å². The van der Waals surface area contributed by atoms with Gasteiger partial charge in [-0.05, 0) is 13.3 Å². The summed E-state index contributed by atoms with van der Waals surface area (Å²) in [7, 11) is 0. The topological polar surface area (TPSA) is 101 Å². The first-order valence-electron chi connectivity index (χ1n) is 4.80. The van der Waals surface area contributed by atoms with Gasteiger partial charge in [-0.3, -0.25) is 4.79 Å². The zero-order valence-corrected chi connectivity index (χ0v) is 9.75. The normalized spacial score (nSPS) is 11.4. The van der Waals surface area contributed by atoms with Gasteiger partial charge in [0.15, 0.2) is 0 Å². The summed E-state index contributed by atoms with van der Waals surface area (Å²) < 4.78 is 0. The van der Waals surface area contributed by atoms with Gasteiger partial charge >= 0.3 is 0 Å². The number of hydrogen-bond acceptors (Lipinski definition) is 5. The van der Waals surface area contributed by atoms with Gasteiger partial charge in [-0.15, -0.1) is 11.3 Å². The van der Waals surface area contributed by atoms with E-state index in [0.29, 0.717) is 24.3 Å². The molecule has 6 nitrogen and oxygen atoms in total. The van der Waals surface area contributed by atoms with Crippen molar-refractivity contribution in [1.82, 2.24) is 10.3 Å². The minimum atomic E-state index is -0.125. The minimum absolute atomic E-state index is 0.125. The molecule has 1 aromatic heterocycles. The number of amides is 1. The van der Waals surface area contributed by atoms with Crippen LogP contribution in [0.3, 0.4) is 0 Å². The van der Waals surface area contributed by atoms with Crippen LogP contribution in [0, 0.1) is 6.92 Å². The quantitative estimate of drug-likeness (QED) is 0.233. The molecule has 0 radical (unpaired) electrons. The smallest absolute Gasteiger partial charge is 0.263 e. The van der Waals surface area contributed by atoms with E-state index in [1.54, 1.807) is 12.4 Å². The average molecular weight is 242 g/mol. The summed E-state index contributed by atoms with van der Waals surface area (Å²) in [5.74, 6) is 0.0442. The van der Waals surface area contributed by atoms with Crippen LogP contribution in [-0.2, 0) is 0 Å². The molecule has 0 aromatic carbocycles. The molecule has 0 aliphatic heterocycles. The molecule has 0 spiro atoms. The Bertz CT molecular complexity index is 389. The second-order valence-corrected chi connectivity index (χ2v) is 4.07. The lowest BCUT2D eigenvalue weighted by Crippen LogP contribution is -2.25. The Labute approximate surface area is 97.2 Å². The van der Waals surface area contributed by atoms with Crippen LogP contribution in [0.25, 0.3) is 0 Å². The molecule has 1 heterocycles. The average Bonchev–Trinajstić information content (AvgIpc) is 2.70. The van der Waals surface area contributed by atoms with Gasteiger partial charge in [-0.1, -0.05) is 5.16 Å². The fraction of sp³-hybridized carbons (Fsp3) is 0.444. The lowest BCUT2D eigenvalue weighted by atomic mass is 10.3. The molecule has 0 atom stereocenters. The molecular weight excluding hydrogens is 228 g/mol. The van der Waals surface area contributed by atoms with Crippen LogP contribution < -0.4 is 11.1 Å². The summed E-state index contributed by atoms with van der Waals surface area (Å²) in [4.78, 5) is 16.2. The van der Waals surface area contributed by atoms with E-state index >= 15 is 0 Å². The standard InChI is InChI=1S/C9H14N4O2S/c1-6-8(16-5-12-6)9(14)11-4-2-3-7(10)13-15/h5,15H,2-4H2,1H3,(H2,10,13)(H,11,14). The zero-order chi connectivity index (χ0) is 12.0. The highest BCUT2D eigenvalue weighted by molar-refractivity contribution is 7.11. The van der Waals surface area contributed by atoms with E-state index in [4.69, 9.17) is 10.9 Å². The van der Waals surface area contributed by atoms with E-state index < -0.39 is 0 Å². The third-order valence-electron chi connectivity index (χ3n) is 1.98. The SMILES string of the molecule is Cc1ncsc1C(=O)NCCCC(N)=NO. The Hall–Kier alpha value is -1.63. The van der Waals surface area contributed by atoms with Crippen molar-refractivity contribution in [2.45, 2.75) is 19.8 Å². The monoisotopic (exact) mass is 242 g/mol. The largest absolute Gasteiger partial charge is 0.409 e. The lowest BCUT2D eigenvalue weighted by Gasteiger charge is -2.03. The molecule has 0 bridgehead atoms. The van der Waals surface area contributed by atoms with Crippen molar-refractivity contribution < 1.29 is 10.0 Å². The van der Waals surface area contributed by atoms with Gasteiger partial charge in [0, 0.05) is 13.0 Å². The maximum Gasteiger partial charge on any atom is 0.263 e. The first kappa shape index (κ1) is 12.4. The van der Waals surface area contributed by atoms with Gasteiger partial charge < -0.3 is 16.3 Å². The molecule has 7 heteroatoms. The van der Waals surface area contributed by atoms with Gasteiger partial charge in [-0.2, -0.15) is 0 Å². The Balaban J connectivity index is 2.29. The van der Waals surface area contributed by atoms with E-state index in [9.17, 15) is 4.79 Å². The molecule has 4 N–H and O–H groups in total. The number of rotatable bonds is 5. The second-order valence-electron chi connectivity index (χ2n) is 3.22. The minimum Gasteiger partial charge on any atom is -0.409 e. The summed E-state index contributed by atoms with van der Waals surface area (Å²) in [6.07, 6.45) is 1.10. The van der Waals surface area contributed by atoms with Crippen LogP contribution in [0.15, 0.2) is 10.7 Å². The lowest BCUT2D eigenvalue weighted by molar-refractivity contribution is 0.0956. The molecule has 1 amide bonds. The number of aryl methyl sites for hydroxylation is 1. The Morgan fingerprint density at radius 1 is 1.75 bits per heavy atom. The van der Waals surface area contributed by atoms with Gasteiger partial charge in [-0.25, -0.2) is 4.98 Å². The Morgan fingerprint density at radius 3 is 3.06 bits per heavy atom. The molecule has 0 aliphatic carbocycles. The summed E-state index contributed by atoms with van der Waals surface area (Å²) in [5.41, 5.74) is 7.66. The van der Waals surface area contributed by atoms with Crippen LogP contribution in [0.2, 0.25) is 0 Å². The summed E-state index contributed by atoms with van der Waals surface area (Å²) >= 11 is 1.31. The van der Waals surface area contributed by atoms with E-state index in [1.165, 1.54) is 11.3 Å². The molecule has 1 aromatic rings. The van der Waals surface area contributed by atoms with Crippen LogP contribution in [-0.4, -0.2) is 28.5 Å². The fourth-order valence-corrected chi connectivity index (χ4v) is 1.84.